The molecule has 0 radical (unpaired) electrons. The summed E-state index contributed by atoms with van der Waals surface area (Å²) in [6.45, 7) is 5.11. The van der Waals surface area contributed by atoms with Crippen LogP contribution in [0.3, 0.4) is 0 Å². The van der Waals surface area contributed by atoms with E-state index in [0.717, 1.165) is 15.3 Å². The average molecular weight is 440 g/mol. The van der Waals surface area contributed by atoms with Crippen LogP contribution < -0.4 is 10.9 Å². The summed E-state index contributed by atoms with van der Waals surface area (Å²) in [5.41, 5.74) is 1.37. The van der Waals surface area contributed by atoms with Gasteiger partial charge < -0.3 is 15.2 Å². The minimum Gasteiger partial charge on any atom is -0.349 e. The van der Waals surface area contributed by atoms with E-state index in [9.17, 15) is 14.4 Å². The molecule has 4 rings (SSSR count). The minimum absolute atomic E-state index is 0.0401. The quantitative estimate of drug-likeness (QED) is 0.634. The number of thiophene rings is 1. The SMILES string of the molecule is Cc1sc2nc(CCC(=O)N3CCC(NC(=O)c4cccnc4)CC3)[nH]c(=O)c2c1C. The normalized spacial score (nSPS) is 14.7. The van der Waals surface area contributed by atoms with Crippen LogP contribution in [0.5, 0.6) is 0 Å². The Balaban J connectivity index is 1.29. The standard InChI is InChI=1S/C22H25N5O3S/c1-13-14(2)31-22-19(13)21(30)25-17(26-22)5-6-18(28)27-10-7-16(8-11-27)24-20(29)15-4-3-9-23-12-15/h3-4,9,12,16H,5-8,10-11H2,1-2H3,(H,24,29)(H,25,26,30). The molecule has 8 nitrogen and oxygen atoms in total. The van der Waals surface area contributed by atoms with Gasteiger partial charge in [0.15, 0.2) is 0 Å². The monoisotopic (exact) mass is 439 g/mol. The first-order valence-corrected chi connectivity index (χ1v) is 11.2. The van der Waals surface area contributed by atoms with E-state index in [-0.39, 0.29) is 23.4 Å². The molecule has 1 aliphatic heterocycles. The van der Waals surface area contributed by atoms with Crippen LogP contribution in [0.15, 0.2) is 29.3 Å². The zero-order valence-electron chi connectivity index (χ0n) is 17.6. The van der Waals surface area contributed by atoms with Gasteiger partial charge in [0.1, 0.15) is 10.7 Å². The zero-order valence-corrected chi connectivity index (χ0v) is 18.4. The van der Waals surface area contributed by atoms with Crippen molar-refractivity contribution in [1.29, 1.82) is 0 Å². The number of amides is 2. The summed E-state index contributed by atoms with van der Waals surface area (Å²) in [6, 6.07) is 3.51. The first kappa shape index (κ1) is 21.2. The number of pyridine rings is 1. The van der Waals surface area contributed by atoms with Gasteiger partial charge in [0, 0.05) is 49.2 Å². The van der Waals surface area contributed by atoms with Crippen LogP contribution >= 0.6 is 11.3 Å². The molecule has 9 heteroatoms. The predicted molar refractivity (Wildman–Crippen MR) is 119 cm³/mol. The number of rotatable bonds is 5. The predicted octanol–water partition coefficient (Wildman–Crippen LogP) is 2.35. The second-order valence-corrected chi connectivity index (χ2v) is 9.05. The van der Waals surface area contributed by atoms with Gasteiger partial charge in [0.2, 0.25) is 5.91 Å². The second kappa shape index (κ2) is 8.97. The highest BCUT2D eigenvalue weighted by molar-refractivity contribution is 7.18. The van der Waals surface area contributed by atoms with Gasteiger partial charge in [-0.05, 0) is 44.4 Å². The number of aryl methyl sites for hydroxylation is 3. The summed E-state index contributed by atoms with van der Waals surface area (Å²) in [7, 11) is 0. The van der Waals surface area contributed by atoms with Gasteiger partial charge in [-0.3, -0.25) is 19.4 Å². The molecule has 0 bridgehead atoms. The molecule has 3 aromatic rings. The van der Waals surface area contributed by atoms with Gasteiger partial charge in [-0.25, -0.2) is 4.98 Å². The van der Waals surface area contributed by atoms with Gasteiger partial charge in [0.05, 0.1) is 10.9 Å². The highest BCUT2D eigenvalue weighted by Gasteiger charge is 2.24. The van der Waals surface area contributed by atoms with E-state index >= 15 is 0 Å². The van der Waals surface area contributed by atoms with E-state index in [4.69, 9.17) is 0 Å². The number of nitrogens with zero attached hydrogens (tertiary/aromatic N) is 3. The summed E-state index contributed by atoms with van der Waals surface area (Å²) >= 11 is 1.51. The minimum atomic E-state index is -0.139. The highest BCUT2D eigenvalue weighted by Crippen LogP contribution is 2.25. The van der Waals surface area contributed by atoms with Crippen molar-refractivity contribution in [1.82, 2.24) is 25.2 Å². The van der Waals surface area contributed by atoms with Crippen LogP contribution in [0.2, 0.25) is 0 Å². The summed E-state index contributed by atoms with van der Waals surface area (Å²) in [4.78, 5) is 52.3. The largest absolute Gasteiger partial charge is 0.349 e. The Morgan fingerprint density at radius 3 is 2.77 bits per heavy atom. The van der Waals surface area contributed by atoms with Crippen LogP contribution in [-0.2, 0) is 11.2 Å². The molecule has 0 saturated carbocycles. The Bertz CT molecular complexity index is 1160. The van der Waals surface area contributed by atoms with Crippen molar-refractivity contribution >= 4 is 33.4 Å². The maximum Gasteiger partial charge on any atom is 0.259 e. The molecule has 0 aliphatic carbocycles. The van der Waals surface area contributed by atoms with Crippen LogP contribution in [0.25, 0.3) is 10.2 Å². The Kier molecular flexibility index (Phi) is 6.13. The number of carbonyl (C=O) groups is 2. The summed E-state index contributed by atoms with van der Waals surface area (Å²) in [5, 5.41) is 3.66. The van der Waals surface area contributed by atoms with Crippen molar-refractivity contribution in [3.8, 4) is 0 Å². The first-order valence-electron chi connectivity index (χ1n) is 10.4. The van der Waals surface area contributed by atoms with Crippen molar-refractivity contribution in [3.05, 3.63) is 56.7 Å². The molecule has 2 amide bonds. The lowest BCUT2D eigenvalue weighted by molar-refractivity contribution is -0.132. The molecule has 0 aromatic carbocycles. The number of aromatic nitrogens is 3. The van der Waals surface area contributed by atoms with Gasteiger partial charge in [0.25, 0.3) is 11.5 Å². The smallest absolute Gasteiger partial charge is 0.259 e. The molecule has 1 saturated heterocycles. The fraction of sp³-hybridized carbons (Fsp3) is 0.409. The number of hydrogen-bond donors (Lipinski definition) is 2. The summed E-state index contributed by atoms with van der Waals surface area (Å²) < 4.78 is 0. The maximum atomic E-state index is 12.6. The maximum absolute atomic E-state index is 12.6. The molecule has 4 heterocycles. The average Bonchev–Trinajstić information content (AvgIpc) is 3.07. The Morgan fingerprint density at radius 1 is 1.29 bits per heavy atom. The molecular formula is C22H25N5O3S. The summed E-state index contributed by atoms with van der Waals surface area (Å²) in [5.74, 6) is 0.450. The molecule has 0 atom stereocenters. The number of carbonyl (C=O) groups excluding carboxylic acids is 2. The zero-order chi connectivity index (χ0) is 22.0. The Morgan fingerprint density at radius 2 is 2.06 bits per heavy atom. The Labute approximate surface area is 183 Å². The van der Waals surface area contributed by atoms with Crippen LogP contribution in [0.4, 0.5) is 0 Å². The van der Waals surface area contributed by atoms with Gasteiger partial charge in [-0.1, -0.05) is 0 Å². The van der Waals surface area contributed by atoms with E-state index in [1.165, 1.54) is 11.3 Å². The van der Waals surface area contributed by atoms with Crippen molar-refractivity contribution in [2.45, 2.75) is 45.6 Å². The fourth-order valence-corrected chi connectivity index (χ4v) is 4.89. The topological polar surface area (TPSA) is 108 Å². The second-order valence-electron chi connectivity index (χ2n) is 7.85. The third kappa shape index (κ3) is 4.66. The first-order chi connectivity index (χ1) is 14.9. The fourth-order valence-electron chi connectivity index (χ4n) is 3.84. The van der Waals surface area contributed by atoms with Crippen molar-refractivity contribution in [3.63, 3.8) is 0 Å². The molecule has 0 spiro atoms. The van der Waals surface area contributed by atoms with E-state index in [0.29, 0.717) is 55.5 Å². The van der Waals surface area contributed by atoms with Gasteiger partial charge in [-0.15, -0.1) is 11.3 Å². The molecule has 0 unspecified atom stereocenters. The van der Waals surface area contributed by atoms with Crippen molar-refractivity contribution < 1.29 is 9.59 Å². The molecule has 162 valence electrons. The van der Waals surface area contributed by atoms with Gasteiger partial charge >= 0.3 is 0 Å². The number of likely N-dealkylation sites (tertiary alicyclic amines) is 1. The third-order valence-electron chi connectivity index (χ3n) is 5.77. The number of piperidine rings is 1. The van der Waals surface area contributed by atoms with Crippen LogP contribution in [0, 0.1) is 13.8 Å². The lowest BCUT2D eigenvalue weighted by Crippen LogP contribution is -2.46. The summed E-state index contributed by atoms with van der Waals surface area (Å²) in [6.07, 6.45) is 5.30. The van der Waals surface area contributed by atoms with Crippen LogP contribution in [-0.4, -0.2) is 50.8 Å². The van der Waals surface area contributed by atoms with E-state index < -0.39 is 0 Å². The van der Waals surface area contributed by atoms with E-state index in [2.05, 4.69) is 20.3 Å². The van der Waals surface area contributed by atoms with E-state index in [1.54, 1.807) is 24.5 Å². The van der Waals surface area contributed by atoms with Crippen molar-refractivity contribution in [2.75, 3.05) is 13.1 Å². The Hall–Kier alpha value is -3.07. The number of fused-ring (bicyclic) bond motifs is 1. The number of aromatic amines is 1. The molecule has 2 N–H and O–H groups in total. The molecule has 1 fully saturated rings. The molecular weight excluding hydrogens is 414 g/mol. The molecule has 3 aromatic heterocycles. The highest BCUT2D eigenvalue weighted by atomic mass is 32.1. The van der Waals surface area contributed by atoms with Crippen molar-refractivity contribution in [2.24, 2.45) is 0 Å². The number of nitrogens with one attached hydrogen (secondary N) is 2. The molecule has 31 heavy (non-hydrogen) atoms. The van der Waals surface area contributed by atoms with E-state index in [1.807, 2.05) is 18.7 Å². The van der Waals surface area contributed by atoms with Crippen LogP contribution in [0.1, 0.15) is 45.9 Å². The van der Waals surface area contributed by atoms with Gasteiger partial charge in [-0.2, -0.15) is 0 Å². The third-order valence-corrected chi connectivity index (χ3v) is 6.87. The number of hydrogen-bond acceptors (Lipinski definition) is 6. The lowest BCUT2D eigenvalue weighted by Gasteiger charge is -2.32. The number of H-pyrrole nitrogens is 1. The lowest BCUT2D eigenvalue weighted by atomic mass is 10.0. The molecule has 1 aliphatic rings.